The molecule has 1 fully saturated rings. The Morgan fingerprint density at radius 3 is 2.58 bits per heavy atom. The van der Waals surface area contributed by atoms with Crippen molar-refractivity contribution in [2.45, 2.75) is 39.2 Å². The number of nitrogens with zero attached hydrogens (tertiary/aromatic N) is 1. The minimum Gasteiger partial charge on any atom is -0.434 e. The Hall–Kier alpha value is -2.06. The summed E-state index contributed by atoms with van der Waals surface area (Å²) in [5, 5.41) is 6.67. The maximum absolute atomic E-state index is 12.5. The largest absolute Gasteiger partial charge is 0.434 e. The fraction of sp³-hybridized carbons (Fsp3) is 0.444. The molecule has 2 N–H and O–H groups in total. The van der Waals surface area contributed by atoms with Crippen LogP contribution >= 0.6 is 11.3 Å². The van der Waals surface area contributed by atoms with E-state index in [1.165, 1.54) is 16.2 Å². The molecule has 0 aliphatic carbocycles. The summed E-state index contributed by atoms with van der Waals surface area (Å²) < 4.78 is 29.5. The molecule has 0 radical (unpaired) electrons. The minimum absolute atomic E-state index is 0.110. The zero-order valence-corrected chi connectivity index (χ0v) is 15.5. The van der Waals surface area contributed by atoms with Crippen LogP contribution in [-0.2, 0) is 0 Å². The highest BCUT2D eigenvalue weighted by molar-refractivity contribution is 7.15. The summed E-state index contributed by atoms with van der Waals surface area (Å²) in [5.41, 5.74) is 1.37. The number of rotatable bonds is 5. The molecule has 2 aromatic rings. The van der Waals surface area contributed by atoms with E-state index in [9.17, 15) is 13.6 Å². The van der Waals surface area contributed by atoms with Crippen molar-refractivity contribution in [3.8, 4) is 5.75 Å². The Bertz CT molecular complexity index is 765. The number of piperidine rings is 1. The number of hydrogen-bond donors (Lipinski definition) is 2. The molecule has 0 saturated carbocycles. The highest BCUT2D eigenvalue weighted by Gasteiger charge is 2.19. The predicted molar refractivity (Wildman–Crippen MR) is 97.5 cm³/mol. The SMILES string of the molecule is Cc1cc(C(=O)Nc2ncc(C3CCNCC3)s2)cc(C)c1OC(F)F. The summed E-state index contributed by atoms with van der Waals surface area (Å²) in [6.45, 7) is 2.38. The first-order chi connectivity index (χ1) is 12.4. The van der Waals surface area contributed by atoms with Crippen LogP contribution in [0.3, 0.4) is 0 Å². The molecule has 1 aromatic heterocycles. The summed E-state index contributed by atoms with van der Waals surface area (Å²) in [7, 11) is 0. The second-order valence-electron chi connectivity index (χ2n) is 6.36. The van der Waals surface area contributed by atoms with Crippen molar-refractivity contribution in [1.82, 2.24) is 10.3 Å². The van der Waals surface area contributed by atoms with E-state index < -0.39 is 6.61 Å². The molecule has 1 amide bonds. The van der Waals surface area contributed by atoms with E-state index in [1.807, 2.05) is 6.20 Å². The molecular weight excluding hydrogens is 360 g/mol. The smallest absolute Gasteiger partial charge is 0.387 e. The fourth-order valence-corrected chi connectivity index (χ4v) is 4.15. The van der Waals surface area contributed by atoms with Gasteiger partial charge in [0, 0.05) is 16.6 Å². The van der Waals surface area contributed by atoms with Crippen LogP contribution in [0.15, 0.2) is 18.3 Å². The second kappa shape index (κ2) is 8.09. The van der Waals surface area contributed by atoms with Gasteiger partial charge in [-0.2, -0.15) is 8.78 Å². The number of aromatic nitrogens is 1. The van der Waals surface area contributed by atoms with Gasteiger partial charge in [-0.15, -0.1) is 11.3 Å². The summed E-state index contributed by atoms with van der Waals surface area (Å²) in [6.07, 6.45) is 3.96. The first-order valence-electron chi connectivity index (χ1n) is 8.48. The van der Waals surface area contributed by atoms with Crippen LogP contribution in [0.25, 0.3) is 0 Å². The van der Waals surface area contributed by atoms with E-state index in [4.69, 9.17) is 0 Å². The van der Waals surface area contributed by atoms with Gasteiger partial charge in [0.05, 0.1) is 0 Å². The number of benzene rings is 1. The van der Waals surface area contributed by atoms with E-state index in [1.54, 1.807) is 26.0 Å². The van der Waals surface area contributed by atoms with E-state index in [-0.39, 0.29) is 11.7 Å². The molecule has 2 heterocycles. The highest BCUT2D eigenvalue weighted by Crippen LogP contribution is 2.32. The standard InChI is InChI=1S/C18H21F2N3O2S/c1-10-7-13(8-11(2)15(10)25-17(19)20)16(24)23-18-22-9-14(26-18)12-3-5-21-6-4-12/h7-9,12,17,21H,3-6H2,1-2H3,(H,22,23,24). The third-order valence-corrected chi connectivity index (χ3v) is 5.49. The average molecular weight is 381 g/mol. The number of nitrogens with one attached hydrogen (secondary N) is 2. The van der Waals surface area contributed by atoms with Crippen LogP contribution in [0.4, 0.5) is 13.9 Å². The van der Waals surface area contributed by atoms with Crippen LogP contribution in [-0.4, -0.2) is 30.6 Å². The molecule has 140 valence electrons. The van der Waals surface area contributed by atoms with Gasteiger partial charge in [0.15, 0.2) is 5.13 Å². The maximum Gasteiger partial charge on any atom is 0.387 e. The van der Waals surface area contributed by atoms with Crippen LogP contribution in [0.1, 0.15) is 45.1 Å². The van der Waals surface area contributed by atoms with Crippen LogP contribution in [0.2, 0.25) is 0 Å². The highest BCUT2D eigenvalue weighted by atomic mass is 32.1. The van der Waals surface area contributed by atoms with Gasteiger partial charge in [0.1, 0.15) is 5.75 Å². The molecule has 26 heavy (non-hydrogen) atoms. The van der Waals surface area contributed by atoms with Crippen molar-refractivity contribution < 1.29 is 18.3 Å². The van der Waals surface area contributed by atoms with Crippen LogP contribution < -0.4 is 15.4 Å². The summed E-state index contributed by atoms with van der Waals surface area (Å²) in [6, 6.07) is 3.09. The van der Waals surface area contributed by atoms with E-state index in [0.717, 1.165) is 25.9 Å². The third kappa shape index (κ3) is 4.37. The Kier molecular flexibility index (Phi) is 5.83. The Morgan fingerprint density at radius 1 is 1.31 bits per heavy atom. The number of anilines is 1. The van der Waals surface area contributed by atoms with Gasteiger partial charge < -0.3 is 10.1 Å². The molecule has 1 aliphatic rings. The number of alkyl halides is 2. The first kappa shape index (κ1) is 18.7. The summed E-state index contributed by atoms with van der Waals surface area (Å²) >= 11 is 1.49. The number of thiazole rings is 1. The molecule has 8 heteroatoms. The quantitative estimate of drug-likeness (QED) is 0.819. The van der Waals surface area contributed by atoms with Crippen molar-refractivity contribution in [2.24, 2.45) is 0 Å². The molecule has 5 nitrogen and oxygen atoms in total. The number of carbonyl (C=O) groups excluding carboxylic acids is 1. The topological polar surface area (TPSA) is 63.2 Å². The summed E-state index contributed by atoms with van der Waals surface area (Å²) in [5.74, 6) is 0.277. The van der Waals surface area contributed by atoms with Crippen LogP contribution in [0, 0.1) is 13.8 Å². The number of hydrogen-bond acceptors (Lipinski definition) is 5. The van der Waals surface area contributed by atoms with Crippen molar-refractivity contribution in [3.63, 3.8) is 0 Å². The van der Waals surface area contributed by atoms with Gasteiger partial charge >= 0.3 is 6.61 Å². The van der Waals surface area contributed by atoms with Gasteiger partial charge in [-0.25, -0.2) is 4.98 Å². The normalized spacial score (nSPS) is 15.3. The van der Waals surface area contributed by atoms with Crippen molar-refractivity contribution in [3.05, 3.63) is 39.9 Å². The number of ether oxygens (including phenoxy) is 1. The lowest BCUT2D eigenvalue weighted by molar-refractivity contribution is -0.0507. The van der Waals surface area contributed by atoms with Gasteiger partial charge in [-0.05, 0) is 69.0 Å². The second-order valence-corrected chi connectivity index (χ2v) is 7.43. The summed E-state index contributed by atoms with van der Waals surface area (Å²) in [4.78, 5) is 18.0. The van der Waals surface area contributed by atoms with E-state index in [0.29, 0.717) is 27.7 Å². The lowest BCUT2D eigenvalue weighted by Crippen LogP contribution is -2.26. The number of halogens is 2. The van der Waals surface area contributed by atoms with E-state index >= 15 is 0 Å². The van der Waals surface area contributed by atoms with Gasteiger partial charge in [-0.3, -0.25) is 10.1 Å². The predicted octanol–water partition coefficient (Wildman–Crippen LogP) is 4.08. The first-order valence-corrected chi connectivity index (χ1v) is 9.29. The number of aryl methyl sites for hydroxylation is 2. The zero-order valence-electron chi connectivity index (χ0n) is 14.6. The molecule has 1 saturated heterocycles. The minimum atomic E-state index is -2.89. The molecule has 0 unspecified atom stereocenters. The zero-order chi connectivity index (χ0) is 18.7. The van der Waals surface area contributed by atoms with E-state index in [2.05, 4.69) is 20.4 Å². The molecule has 0 bridgehead atoms. The molecule has 1 aliphatic heterocycles. The monoisotopic (exact) mass is 381 g/mol. The Labute approximate surface area is 154 Å². The molecule has 3 rings (SSSR count). The molecule has 1 aromatic carbocycles. The number of carbonyl (C=O) groups is 1. The Balaban J connectivity index is 1.71. The Morgan fingerprint density at radius 2 is 1.96 bits per heavy atom. The van der Waals surface area contributed by atoms with Crippen molar-refractivity contribution in [1.29, 1.82) is 0 Å². The average Bonchev–Trinajstić information content (AvgIpc) is 3.07. The molecule has 0 atom stereocenters. The fourth-order valence-electron chi connectivity index (χ4n) is 3.17. The number of amides is 1. The van der Waals surface area contributed by atoms with Gasteiger partial charge in [0.2, 0.25) is 0 Å². The molecule has 0 spiro atoms. The van der Waals surface area contributed by atoms with Gasteiger partial charge in [0.25, 0.3) is 5.91 Å². The van der Waals surface area contributed by atoms with Crippen LogP contribution in [0.5, 0.6) is 5.75 Å². The molecular formula is C18H21F2N3O2S. The van der Waals surface area contributed by atoms with Gasteiger partial charge in [-0.1, -0.05) is 0 Å². The van der Waals surface area contributed by atoms with Crippen molar-refractivity contribution >= 4 is 22.4 Å². The lowest BCUT2D eigenvalue weighted by atomic mass is 9.97. The third-order valence-electron chi connectivity index (χ3n) is 4.42. The lowest BCUT2D eigenvalue weighted by Gasteiger charge is -2.20. The maximum atomic E-state index is 12.5. The van der Waals surface area contributed by atoms with Crippen molar-refractivity contribution in [2.75, 3.05) is 18.4 Å².